The summed E-state index contributed by atoms with van der Waals surface area (Å²) in [7, 11) is -3.54. The number of likely N-dealkylation sites (tertiary alicyclic amines) is 1. The molecule has 1 saturated heterocycles. The maximum Gasteiger partial charge on any atom is 0.410 e. The molecule has 2 heterocycles. The molecule has 11 heteroatoms. The molecule has 1 aromatic carbocycles. The summed E-state index contributed by atoms with van der Waals surface area (Å²) in [6.45, 7) is 11.6. The summed E-state index contributed by atoms with van der Waals surface area (Å²) in [5.41, 5.74) is 0.649. The van der Waals surface area contributed by atoms with Crippen LogP contribution in [0.3, 0.4) is 0 Å². The second-order valence-electron chi connectivity index (χ2n) is 9.70. The van der Waals surface area contributed by atoms with Crippen LogP contribution in [0.5, 0.6) is 11.6 Å². The Labute approximate surface area is 212 Å². The molecule has 0 radical (unpaired) electrons. The highest BCUT2D eigenvalue weighted by Crippen LogP contribution is 2.32. The van der Waals surface area contributed by atoms with Crippen molar-refractivity contribution in [1.82, 2.24) is 14.9 Å². The molecule has 1 aliphatic heterocycles. The molecule has 0 atom stereocenters. The first-order valence-electron chi connectivity index (χ1n) is 12.1. The van der Waals surface area contributed by atoms with Crippen molar-refractivity contribution in [3.05, 3.63) is 35.9 Å². The van der Waals surface area contributed by atoms with Crippen molar-refractivity contribution in [3.63, 3.8) is 0 Å². The number of nitrogens with zero attached hydrogens (tertiary/aromatic N) is 4. The van der Waals surface area contributed by atoms with E-state index in [-0.39, 0.29) is 34.8 Å². The first kappa shape index (κ1) is 27.6. The minimum Gasteiger partial charge on any atom is -0.447 e. The number of carbonyl (C=O) groups excluding carboxylic acids is 1. The molecule has 0 spiro atoms. The van der Waals surface area contributed by atoms with Crippen LogP contribution in [0.4, 0.5) is 15.0 Å². The van der Waals surface area contributed by atoms with Gasteiger partial charge in [0.2, 0.25) is 5.88 Å². The quantitative estimate of drug-likeness (QED) is 0.496. The van der Waals surface area contributed by atoms with Crippen LogP contribution in [0.25, 0.3) is 0 Å². The van der Waals surface area contributed by atoms with E-state index in [0.29, 0.717) is 30.4 Å². The number of halogens is 1. The molecule has 9 nitrogen and oxygen atoms in total. The van der Waals surface area contributed by atoms with E-state index in [9.17, 15) is 17.6 Å². The van der Waals surface area contributed by atoms with Gasteiger partial charge in [-0.2, -0.15) is 0 Å². The highest BCUT2D eigenvalue weighted by Gasteiger charge is 2.28. The maximum absolute atomic E-state index is 14.6. The Morgan fingerprint density at radius 3 is 2.42 bits per heavy atom. The highest BCUT2D eigenvalue weighted by atomic mass is 32.2. The van der Waals surface area contributed by atoms with Gasteiger partial charge in [-0.25, -0.2) is 27.6 Å². The van der Waals surface area contributed by atoms with Gasteiger partial charge >= 0.3 is 6.09 Å². The zero-order valence-electron chi connectivity index (χ0n) is 21.7. The molecule has 0 saturated carbocycles. The van der Waals surface area contributed by atoms with Gasteiger partial charge in [-0.05, 0) is 71.6 Å². The van der Waals surface area contributed by atoms with Crippen LogP contribution in [0, 0.1) is 18.7 Å². The smallest absolute Gasteiger partial charge is 0.410 e. The number of hydrogen-bond acceptors (Lipinski definition) is 8. The number of piperidine rings is 1. The zero-order valence-corrected chi connectivity index (χ0v) is 22.5. The van der Waals surface area contributed by atoms with E-state index in [1.807, 2.05) is 20.8 Å². The van der Waals surface area contributed by atoms with Crippen LogP contribution in [-0.2, 0) is 14.6 Å². The van der Waals surface area contributed by atoms with Crippen LogP contribution in [0.1, 0.15) is 46.1 Å². The second kappa shape index (κ2) is 11.4. The van der Waals surface area contributed by atoms with Crippen molar-refractivity contribution < 1.29 is 27.1 Å². The van der Waals surface area contributed by atoms with Crippen LogP contribution in [0.2, 0.25) is 0 Å². The Morgan fingerprint density at radius 2 is 1.86 bits per heavy atom. The average molecular weight is 523 g/mol. The van der Waals surface area contributed by atoms with Crippen LogP contribution in [0.15, 0.2) is 29.4 Å². The molecule has 1 amide bonds. The van der Waals surface area contributed by atoms with E-state index >= 15 is 0 Å². The van der Waals surface area contributed by atoms with E-state index in [0.717, 1.165) is 31.7 Å². The number of rotatable bonds is 8. The van der Waals surface area contributed by atoms with Crippen molar-refractivity contribution in [2.75, 3.05) is 30.8 Å². The summed E-state index contributed by atoms with van der Waals surface area (Å²) < 4.78 is 49.0. The first-order chi connectivity index (χ1) is 16.9. The molecule has 1 aliphatic rings. The van der Waals surface area contributed by atoms with Crippen LogP contribution in [-0.4, -0.2) is 67.4 Å². The summed E-state index contributed by atoms with van der Waals surface area (Å²) in [5, 5.41) is 0. The van der Waals surface area contributed by atoms with E-state index in [1.54, 1.807) is 4.90 Å². The van der Waals surface area contributed by atoms with Gasteiger partial charge in [-0.1, -0.05) is 0 Å². The lowest BCUT2D eigenvalue weighted by molar-refractivity contribution is 0.0656. The third-order valence-corrected chi connectivity index (χ3v) is 7.22. The van der Waals surface area contributed by atoms with Gasteiger partial charge in [0, 0.05) is 31.9 Å². The Hall–Kier alpha value is -2.95. The normalized spacial score (nSPS) is 14.9. The highest BCUT2D eigenvalue weighted by molar-refractivity contribution is 7.90. The molecular formula is C25H35FN4O5S. The van der Waals surface area contributed by atoms with Crippen LogP contribution >= 0.6 is 0 Å². The monoisotopic (exact) mass is 522 g/mol. The number of amides is 1. The van der Waals surface area contributed by atoms with Crippen molar-refractivity contribution >= 4 is 21.7 Å². The van der Waals surface area contributed by atoms with Gasteiger partial charge in [0.05, 0.1) is 16.6 Å². The predicted molar refractivity (Wildman–Crippen MR) is 135 cm³/mol. The summed E-state index contributed by atoms with van der Waals surface area (Å²) in [6, 6.07) is 3.65. The number of hydrogen-bond donors (Lipinski definition) is 0. The SMILES string of the molecule is Cc1c(Oc2ccc(S(C)(=O)=O)cc2F)ncnc1N(CC1CCN(C(=O)OC(C)C)CC1)C(C)C. The summed E-state index contributed by atoms with van der Waals surface area (Å²) in [4.78, 5) is 24.7. The number of benzene rings is 1. The molecule has 0 unspecified atom stereocenters. The largest absolute Gasteiger partial charge is 0.447 e. The van der Waals surface area contributed by atoms with E-state index in [2.05, 4.69) is 28.7 Å². The van der Waals surface area contributed by atoms with Gasteiger partial charge in [-0.3, -0.25) is 0 Å². The second-order valence-corrected chi connectivity index (χ2v) is 11.7. The van der Waals surface area contributed by atoms with Crippen molar-refractivity contribution in [1.29, 1.82) is 0 Å². The lowest BCUT2D eigenvalue weighted by atomic mass is 9.95. The van der Waals surface area contributed by atoms with Crippen molar-refractivity contribution in [3.8, 4) is 11.6 Å². The van der Waals surface area contributed by atoms with E-state index in [4.69, 9.17) is 9.47 Å². The Balaban J connectivity index is 1.74. The number of ether oxygens (including phenoxy) is 2. The standard InChI is InChI=1S/C25H35FN4O5S/c1-16(2)30(14-19-9-11-29(12-10-19)25(31)34-17(3)4)23-18(5)24(28-15-27-23)35-22-8-7-20(13-21(22)26)36(6,32)33/h7-8,13,15-17,19H,9-12,14H2,1-6H3. The molecule has 1 aromatic heterocycles. The topological polar surface area (TPSA) is 102 Å². The number of carbonyl (C=O) groups is 1. The third-order valence-electron chi connectivity index (χ3n) is 6.11. The zero-order chi connectivity index (χ0) is 26.6. The third kappa shape index (κ3) is 6.83. The molecule has 3 rings (SSSR count). The minimum atomic E-state index is -3.54. The predicted octanol–water partition coefficient (Wildman–Crippen LogP) is 4.59. The summed E-state index contributed by atoms with van der Waals surface area (Å²) >= 11 is 0. The van der Waals surface area contributed by atoms with Crippen LogP contribution < -0.4 is 9.64 Å². The van der Waals surface area contributed by atoms with Crippen molar-refractivity contribution in [2.45, 2.75) is 64.5 Å². The van der Waals surface area contributed by atoms with Gasteiger partial charge in [0.25, 0.3) is 0 Å². The number of sulfone groups is 1. The molecule has 36 heavy (non-hydrogen) atoms. The van der Waals surface area contributed by atoms with Crippen molar-refractivity contribution in [2.24, 2.45) is 5.92 Å². The molecule has 198 valence electrons. The minimum absolute atomic E-state index is 0.119. The molecule has 0 bridgehead atoms. The molecular weight excluding hydrogens is 487 g/mol. The molecule has 1 fully saturated rings. The van der Waals surface area contributed by atoms with Gasteiger partial charge in [0.1, 0.15) is 12.1 Å². The summed E-state index contributed by atoms with van der Waals surface area (Å²) in [5.74, 6) is 0.329. The molecule has 0 aliphatic carbocycles. The average Bonchev–Trinajstić information content (AvgIpc) is 2.79. The fourth-order valence-corrected chi connectivity index (χ4v) is 4.74. The fraction of sp³-hybridized carbons (Fsp3) is 0.560. The lowest BCUT2D eigenvalue weighted by Crippen LogP contribution is -2.44. The summed E-state index contributed by atoms with van der Waals surface area (Å²) in [6.07, 6.45) is 3.68. The van der Waals surface area contributed by atoms with Gasteiger partial charge in [-0.15, -0.1) is 0 Å². The molecule has 2 aromatic rings. The fourth-order valence-electron chi connectivity index (χ4n) is 4.11. The Kier molecular flexibility index (Phi) is 8.76. The maximum atomic E-state index is 14.6. The molecule has 0 N–H and O–H groups in total. The number of aromatic nitrogens is 2. The van der Waals surface area contributed by atoms with Gasteiger partial charge in [0.15, 0.2) is 21.4 Å². The number of anilines is 1. The first-order valence-corrected chi connectivity index (χ1v) is 14.0. The Bertz CT molecular complexity index is 1180. The Morgan fingerprint density at radius 1 is 1.19 bits per heavy atom. The van der Waals surface area contributed by atoms with E-state index < -0.39 is 15.7 Å². The van der Waals surface area contributed by atoms with E-state index in [1.165, 1.54) is 18.5 Å². The lowest BCUT2D eigenvalue weighted by Gasteiger charge is -2.37. The van der Waals surface area contributed by atoms with Gasteiger partial charge < -0.3 is 19.3 Å².